The van der Waals surface area contributed by atoms with E-state index in [0.29, 0.717) is 26.2 Å². The van der Waals surface area contributed by atoms with Crippen LogP contribution in [-0.2, 0) is 35.8 Å². The first-order valence-electron chi connectivity index (χ1n) is 8.96. The molecule has 0 radical (unpaired) electrons. The molecule has 2 aromatic rings. The predicted molar refractivity (Wildman–Crippen MR) is 100 cm³/mol. The Labute approximate surface area is 154 Å². The van der Waals surface area contributed by atoms with Crippen LogP contribution in [-0.4, -0.2) is 38.7 Å². The van der Waals surface area contributed by atoms with Crippen LogP contribution in [0.25, 0.3) is 0 Å². The monoisotopic (exact) mass is 373 g/mol. The quantitative estimate of drug-likeness (QED) is 0.781. The fourth-order valence-electron chi connectivity index (χ4n) is 3.62. The maximum Gasteiger partial charge on any atom is 0.214 e. The molecule has 0 aromatic heterocycles. The summed E-state index contributed by atoms with van der Waals surface area (Å²) in [6.07, 6.45) is 2.17. The van der Waals surface area contributed by atoms with Gasteiger partial charge in [-0.05, 0) is 18.1 Å². The number of benzene rings is 2. The van der Waals surface area contributed by atoms with E-state index in [-0.39, 0.29) is 5.75 Å². The molecule has 0 bridgehead atoms. The molecule has 2 aliphatic heterocycles. The van der Waals surface area contributed by atoms with E-state index in [1.807, 2.05) is 30.3 Å². The molecule has 0 fully saturated rings. The maximum absolute atomic E-state index is 12.8. The lowest BCUT2D eigenvalue weighted by molar-refractivity contribution is 0.348. The highest BCUT2D eigenvalue weighted by Gasteiger charge is 2.29. The first kappa shape index (κ1) is 17.4. The third kappa shape index (κ3) is 3.31. The van der Waals surface area contributed by atoms with Gasteiger partial charge in [-0.15, -0.1) is 0 Å². The van der Waals surface area contributed by atoms with Crippen LogP contribution < -0.4 is 9.47 Å². The van der Waals surface area contributed by atoms with Gasteiger partial charge in [-0.2, -0.15) is 0 Å². The molecule has 0 saturated heterocycles. The summed E-state index contributed by atoms with van der Waals surface area (Å²) >= 11 is 0. The minimum Gasteiger partial charge on any atom is -0.493 e. The number of hydrogen-bond acceptors (Lipinski definition) is 4. The lowest BCUT2D eigenvalue weighted by Gasteiger charge is -2.20. The van der Waals surface area contributed by atoms with Crippen molar-refractivity contribution in [2.24, 2.45) is 0 Å². The maximum atomic E-state index is 12.8. The van der Waals surface area contributed by atoms with Crippen molar-refractivity contribution < 1.29 is 17.9 Å². The molecule has 0 N–H and O–H groups in total. The Hall–Kier alpha value is -2.05. The van der Waals surface area contributed by atoms with E-state index in [4.69, 9.17) is 9.47 Å². The fraction of sp³-hybridized carbons (Fsp3) is 0.400. The molecule has 0 amide bonds. The van der Waals surface area contributed by atoms with Gasteiger partial charge in [0.1, 0.15) is 11.5 Å². The van der Waals surface area contributed by atoms with E-state index in [2.05, 4.69) is 6.07 Å². The van der Waals surface area contributed by atoms with Gasteiger partial charge in [0, 0.05) is 43.1 Å². The van der Waals surface area contributed by atoms with E-state index >= 15 is 0 Å². The molecular formula is C20H23NO4S. The third-order valence-electron chi connectivity index (χ3n) is 5.11. The average Bonchev–Trinajstić information content (AvgIpc) is 3.29. The first-order chi connectivity index (χ1) is 12.5. The summed E-state index contributed by atoms with van der Waals surface area (Å²) in [5, 5.41) is 0. The number of aryl methyl sites for hydroxylation is 1. The standard InChI is InChI=1S/C20H23NO4S/c1-21(26(22,23)12-9-15-5-3-2-4-6-15)14-18-17-8-11-24-19(17)13-16-7-10-25-20(16)18/h2-6,13H,7-12,14H2,1H3. The van der Waals surface area contributed by atoms with Gasteiger partial charge in [-0.1, -0.05) is 30.3 Å². The first-order valence-corrected chi connectivity index (χ1v) is 10.6. The fourth-order valence-corrected chi connectivity index (χ4v) is 4.75. The summed E-state index contributed by atoms with van der Waals surface area (Å²) in [4.78, 5) is 0. The van der Waals surface area contributed by atoms with Gasteiger partial charge in [0.2, 0.25) is 10.0 Å². The summed E-state index contributed by atoms with van der Waals surface area (Å²) in [5.41, 5.74) is 4.22. The van der Waals surface area contributed by atoms with Crippen molar-refractivity contribution in [3.63, 3.8) is 0 Å². The average molecular weight is 373 g/mol. The number of sulfonamides is 1. The zero-order valence-corrected chi connectivity index (χ0v) is 15.7. The lowest BCUT2D eigenvalue weighted by Crippen LogP contribution is -2.30. The van der Waals surface area contributed by atoms with Crippen LogP contribution in [0.1, 0.15) is 22.3 Å². The van der Waals surface area contributed by atoms with Crippen molar-refractivity contribution >= 4 is 10.0 Å². The second kappa shape index (κ2) is 6.93. The number of nitrogens with zero attached hydrogens (tertiary/aromatic N) is 1. The zero-order valence-electron chi connectivity index (χ0n) is 14.9. The highest BCUT2D eigenvalue weighted by molar-refractivity contribution is 7.89. The highest BCUT2D eigenvalue weighted by atomic mass is 32.2. The molecule has 138 valence electrons. The van der Waals surface area contributed by atoms with Gasteiger partial charge in [-0.25, -0.2) is 12.7 Å². The third-order valence-corrected chi connectivity index (χ3v) is 6.91. The van der Waals surface area contributed by atoms with Gasteiger partial charge in [0.25, 0.3) is 0 Å². The van der Waals surface area contributed by atoms with Crippen molar-refractivity contribution in [2.75, 3.05) is 26.0 Å². The van der Waals surface area contributed by atoms with Crippen molar-refractivity contribution in [1.82, 2.24) is 4.31 Å². The van der Waals surface area contributed by atoms with Gasteiger partial charge in [0.15, 0.2) is 0 Å². The van der Waals surface area contributed by atoms with Crippen molar-refractivity contribution in [3.05, 3.63) is 58.7 Å². The molecule has 2 aromatic carbocycles. The van der Waals surface area contributed by atoms with E-state index in [1.165, 1.54) is 4.31 Å². The van der Waals surface area contributed by atoms with Crippen molar-refractivity contribution in [2.45, 2.75) is 25.8 Å². The Morgan fingerprint density at radius 1 is 1.08 bits per heavy atom. The van der Waals surface area contributed by atoms with Crippen LogP contribution in [0.4, 0.5) is 0 Å². The number of ether oxygens (including phenoxy) is 2. The van der Waals surface area contributed by atoms with Crippen LogP contribution in [0.3, 0.4) is 0 Å². The minimum atomic E-state index is -3.35. The van der Waals surface area contributed by atoms with E-state index < -0.39 is 10.0 Å². The molecule has 2 heterocycles. The normalized spacial score (nSPS) is 15.5. The van der Waals surface area contributed by atoms with Gasteiger partial charge in [0.05, 0.1) is 19.0 Å². The Morgan fingerprint density at radius 2 is 1.85 bits per heavy atom. The molecule has 0 aliphatic carbocycles. The predicted octanol–water partition coefficient (Wildman–Crippen LogP) is 2.56. The van der Waals surface area contributed by atoms with Crippen LogP contribution in [0.15, 0.2) is 36.4 Å². The number of hydrogen-bond donors (Lipinski definition) is 0. The van der Waals surface area contributed by atoms with Gasteiger partial charge < -0.3 is 9.47 Å². The second-order valence-corrected chi connectivity index (χ2v) is 9.02. The zero-order chi connectivity index (χ0) is 18.1. The Bertz CT molecular complexity index is 877. The van der Waals surface area contributed by atoms with Crippen LogP contribution in [0.2, 0.25) is 0 Å². The summed E-state index contributed by atoms with van der Waals surface area (Å²) in [6, 6.07) is 11.8. The summed E-state index contributed by atoms with van der Waals surface area (Å²) < 4.78 is 38.5. The number of rotatable bonds is 6. The molecule has 2 aliphatic rings. The van der Waals surface area contributed by atoms with E-state index in [9.17, 15) is 8.42 Å². The van der Waals surface area contributed by atoms with Gasteiger partial charge in [-0.3, -0.25) is 0 Å². The Morgan fingerprint density at radius 3 is 2.65 bits per heavy atom. The van der Waals surface area contributed by atoms with Crippen LogP contribution >= 0.6 is 0 Å². The minimum absolute atomic E-state index is 0.0993. The summed E-state index contributed by atoms with van der Waals surface area (Å²) in [6.45, 7) is 1.62. The Balaban J connectivity index is 1.54. The molecule has 0 atom stereocenters. The highest BCUT2D eigenvalue weighted by Crippen LogP contribution is 2.41. The largest absolute Gasteiger partial charge is 0.493 e. The molecule has 4 rings (SSSR count). The van der Waals surface area contributed by atoms with Crippen LogP contribution in [0.5, 0.6) is 11.5 Å². The van der Waals surface area contributed by atoms with Gasteiger partial charge >= 0.3 is 0 Å². The van der Waals surface area contributed by atoms with Crippen molar-refractivity contribution in [1.29, 1.82) is 0 Å². The molecular weight excluding hydrogens is 350 g/mol. The summed E-state index contributed by atoms with van der Waals surface area (Å²) in [7, 11) is -1.70. The molecule has 5 nitrogen and oxygen atoms in total. The SMILES string of the molecule is CN(Cc1c2c(cc3c1OCC3)OCC2)S(=O)(=O)CCc1ccccc1. The lowest BCUT2D eigenvalue weighted by atomic mass is 9.99. The Kier molecular flexibility index (Phi) is 4.63. The van der Waals surface area contributed by atoms with Crippen LogP contribution in [0, 0.1) is 0 Å². The number of fused-ring (bicyclic) bond motifs is 2. The van der Waals surface area contributed by atoms with E-state index in [1.54, 1.807) is 7.05 Å². The summed E-state index contributed by atoms with van der Waals surface area (Å²) in [5.74, 6) is 1.85. The molecule has 0 spiro atoms. The van der Waals surface area contributed by atoms with Crippen molar-refractivity contribution in [3.8, 4) is 11.5 Å². The molecule has 0 unspecified atom stereocenters. The molecule has 26 heavy (non-hydrogen) atoms. The smallest absolute Gasteiger partial charge is 0.214 e. The topological polar surface area (TPSA) is 55.8 Å². The second-order valence-electron chi connectivity index (χ2n) is 6.82. The van der Waals surface area contributed by atoms with E-state index in [0.717, 1.165) is 46.6 Å². The molecule has 6 heteroatoms. The molecule has 0 saturated carbocycles.